The normalized spacial score (nSPS) is 14.4. The molecule has 1 aromatic heterocycles. The number of carbonyl (C=O) groups excluding carboxylic acids is 1. The number of aromatic nitrogens is 2. The van der Waals surface area contributed by atoms with Crippen molar-refractivity contribution in [2.75, 3.05) is 19.0 Å². The Hall–Kier alpha value is -3.82. The zero-order chi connectivity index (χ0) is 26.0. The van der Waals surface area contributed by atoms with Gasteiger partial charge in [-0.15, -0.1) is 0 Å². The first-order chi connectivity index (χ1) is 17.2. The van der Waals surface area contributed by atoms with E-state index in [-0.39, 0.29) is 11.2 Å². The van der Waals surface area contributed by atoms with E-state index in [4.69, 9.17) is 42.8 Å². The van der Waals surface area contributed by atoms with Crippen molar-refractivity contribution in [3.05, 3.63) is 68.2 Å². The summed E-state index contributed by atoms with van der Waals surface area (Å²) in [5, 5.41) is 10.3. The van der Waals surface area contributed by atoms with Gasteiger partial charge < -0.3 is 19.9 Å². The van der Waals surface area contributed by atoms with E-state index in [2.05, 4.69) is 5.32 Å². The molecule has 2 N–H and O–H groups in total. The van der Waals surface area contributed by atoms with Crippen molar-refractivity contribution in [1.29, 1.82) is 0 Å². The molecule has 11 heteroatoms. The second-order valence-corrected chi connectivity index (χ2v) is 8.50. The van der Waals surface area contributed by atoms with Crippen LogP contribution in [0.5, 0.6) is 11.5 Å². The molecule has 0 radical (unpaired) electrons. The van der Waals surface area contributed by atoms with Crippen molar-refractivity contribution in [2.24, 2.45) is 0 Å². The lowest BCUT2D eigenvalue weighted by atomic mass is 10.1. The number of para-hydroxylation sites is 1. The number of halogens is 2. The zero-order valence-corrected chi connectivity index (χ0v) is 20.8. The van der Waals surface area contributed by atoms with E-state index in [0.29, 0.717) is 47.8 Å². The van der Waals surface area contributed by atoms with Crippen LogP contribution in [0.4, 0.5) is 5.69 Å². The van der Waals surface area contributed by atoms with Crippen molar-refractivity contribution in [1.82, 2.24) is 9.55 Å². The third-order valence-corrected chi connectivity index (χ3v) is 6.34. The molecular weight excluding hydrogens is 509 g/mol. The Balaban J connectivity index is 1.75. The number of methoxy groups -OCH3 is 1. The van der Waals surface area contributed by atoms with Crippen molar-refractivity contribution in [2.45, 2.75) is 19.9 Å². The fourth-order valence-corrected chi connectivity index (χ4v) is 4.15. The largest absolute Gasteiger partial charge is 0.492 e. The summed E-state index contributed by atoms with van der Waals surface area (Å²) in [4.78, 5) is 41.1. The second-order valence-electron chi connectivity index (χ2n) is 7.74. The molecule has 2 aromatic carbocycles. The second kappa shape index (κ2) is 10.4. The van der Waals surface area contributed by atoms with Crippen LogP contribution in [0.15, 0.2) is 51.3 Å². The lowest BCUT2D eigenvalue weighted by molar-refractivity contribution is -0.132. The van der Waals surface area contributed by atoms with E-state index >= 15 is 0 Å². The maximum Gasteiger partial charge on any atom is 0.349 e. The quantitative estimate of drug-likeness (QED) is 0.433. The first kappa shape index (κ1) is 25.3. The van der Waals surface area contributed by atoms with E-state index < -0.39 is 21.9 Å². The van der Waals surface area contributed by atoms with Crippen LogP contribution in [0.3, 0.4) is 0 Å². The first-order valence-electron chi connectivity index (χ1n) is 10.9. The number of hydrogen-bond donors (Lipinski definition) is 2. The molecule has 9 nitrogen and oxygen atoms in total. The Bertz CT molecular complexity index is 1510. The molecule has 3 aromatic rings. The molecule has 1 aliphatic rings. The Morgan fingerprint density at radius 2 is 2.00 bits per heavy atom. The highest BCUT2D eigenvalue weighted by Gasteiger charge is 2.23. The Labute approximate surface area is 215 Å². The first-order valence-corrected chi connectivity index (χ1v) is 11.7. The number of nitrogens with zero attached hydrogens (tertiary/aromatic N) is 2. The molecule has 0 spiro atoms. The maximum atomic E-state index is 13.1. The van der Waals surface area contributed by atoms with Gasteiger partial charge in [0.05, 0.1) is 24.6 Å². The molecule has 0 saturated heterocycles. The molecule has 0 unspecified atom stereocenters. The molecule has 0 aliphatic carbocycles. The minimum absolute atomic E-state index is 0.210. The highest BCUT2D eigenvalue weighted by molar-refractivity contribution is 6.54. The molecule has 36 heavy (non-hydrogen) atoms. The highest BCUT2D eigenvalue weighted by atomic mass is 35.5. The number of ether oxygens (including phenoxy) is 2. The predicted molar refractivity (Wildman–Crippen MR) is 138 cm³/mol. The van der Waals surface area contributed by atoms with Gasteiger partial charge in [0, 0.05) is 17.8 Å². The van der Waals surface area contributed by atoms with Gasteiger partial charge in [-0.1, -0.05) is 35.3 Å². The molecule has 1 amide bonds. The van der Waals surface area contributed by atoms with Gasteiger partial charge in [0.15, 0.2) is 11.5 Å². The Morgan fingerprint density at radius 3 is 2.69 bits per heavy atom. The number of carboxylic acid groups (broad SMARTS) is 1. The lowest BCUT2D eigenvalue weighted by Gasteiger charge is -2.12. The number of aliphatic carboxylic acids is 1. The number of fused-ring (bicyclic) bond motifs is 2. The number of amides is 1. The van der Waals surface area contributed by atoms with E-state index in [0.717, 1.165) is 11.1 Å². The molecule has 4 rings (SSSR count). The molecule has 0 bridgehead atoms. The monoisotopic (exact) mass is 529 g/mol. The topological polar surface area (TPSA) is 120 Å². The zero-order valence-electron chi connectivity index (χ0n) is 19.3. The minimum atomic E-state index is -1.52. The summed E-state index contributed by atoms with van der Waals surface area (Å²) in [7, 11) is 1.57. The minimum Gasteiger partial charge on any atom is -0.492 e. The number of nitrogens with one attached hydrogen (secondary N) is 1. The summed E-state index contributed by atoms with van der Waals surface area (Å²) in [6.07, 6.45) is 2.51. The summed E-state index contributed by atoms with van der Waals surface area (Å²) in [6.45, 7) is 2.86. The van der Waals surface area contributed by atoms with Crippen LogP contribution < -0.4 is 20.3 Å². The summed E-state index contributed by atoms with van der Waals surface area (Å²) < 4.78 is 12.8. The van der Waals surface area contributed by atoms with Gasteiger partial charge in [0.25, 0.3) is 11.5 Å². The van der Waals surface area contributed by atoms with E-state index in [1.165, 1.54) is 12.1 Å². The van der Waals surface area contributed by atoms with Gasteiger partial charge in [-0.25, -0.2) is 9.78 Å². The van der Waals surface area contributed by atoms with Crippen LogP contribution >= 0.6 is 23.2 Å². The van der Waals surface area contributed by atoms with Crippen LogP contribution in [0.2, 0.25) is 0 Å². The maximum absolute atomic E-state index is 13.1. The molecular formula is C25H21Cl2N3O6. The van der Waals surface area contributed by atoms with E-state index in [1.54, 1.807) is 17.7 Å². The smallest absolute Gasteiger partial charge is 0.349 e. The number of anilines is 1. The van der Waals surface area contributed by atoms with Crippen molar-refractivity contribution < 1.29 is 24.2 Å². The van der Waals surface area contributed by atoms with Gasteiger partial charge in [-0.05, 0) is 49.3 Å². The summed E-state index contributed by atoms with van der Waals surface area (Å²) in [6, 6.07) is 10.1. The number of rotatable bonds is 7. The van der Waals surface area contributed by atoms with Gasteiger partial charge in [-0.2, -0.15) is 0 Å². The van der Waals surface area contributed by atoms with Gasteiger partial charge >= 0.3 is 5.97 Å². The van der Waals surface area contributed by atoms with Crippen molar-refractivity contribution in [3.63, 3.8) is 0 Å². The molecule has 186 valence electrons. The highest BCUT2D eigenvalue weighted by Crippen LogP contribution is 2.35. The van der Waals surface area contributed by atoms with E-state index in [9.17, 15) is 14.4 Å². The van der Waals surface area contributed by atoms with Gasteiger partial charge in [0.2, 0.25) is 0 Å². The number of allylic oxidation sites excluding steroid dienone is 1. The molecule has 0 fully saturated rings. The molecule has 1 aliphatic heterocycles. The average molecular weight is 530 g/mol. The number of carbonyl (C=O) groups is 2. The molecule has 0 saturated carbocycles. The van der Waals surface area contributed by atoms with Crippen LogP contribution in [0.25, 0.3) is 22.6 Å². The molecule has 2 heterocycles. The Kier molecular flexibility index (Phi) is 7.32. The van der Waals surface area contributed by atoms with E-state index in [1.807, 2.05) is 31.2 Å². The molecule has 0 atom stereocenters. The standard InChI is InChI=1S/C25H21Cl2N3O6/c1-3-36-18-6-4-5-13(21(18)35-2)11-14-9-10-30-22(14)29-17-12-15(7-8-16(17)24(30)32)28-23(31)19(26)20(27)25(33)34/h4-8,11-12H,3,9-10H2,1-2H3,(H,28,31)(H,33,34). The van der Waals surface area contributed by atoms with Crippen molar-refractivity contribution in [3.8, 4) is 11.5 Å². The van der Waals surface area contributed by atoms with Crippen LogP contribution in [-0.4, -0.2) is 40.3 Å². The van der Waals surface area contributed by atoms with Crippen LogP contribution in [0, 0.1) is 0 Å². The SMILES string of the molecule is CCOc1cccc(C=C2CCn3c2nc2cc(NC(=O)C(Cl)=C(Cl)C(=O)O)ccc2c3=O)c1OC. The van der Waals surface area contributed by atoms with Crippen molar-refractivity contribution >= 4 is 63.3 Å². The number of hydrogen-bond acceptors (Lipinski definition) is 6. The number of benzene rings is 2. The predicted octanol–water partition coefficient (Wildman–Crippen LogP) is 4.46. The fourth-order valence-electron chi connectivity index (χ4n) is 3.93. The van der Waals surface area contributed by atoms with Gasteiger partial charge in [-0.3, -0.25) is 14.2 Å². The summed E-state index contributed by atoms with van der Waals surface area (Å²) >= 11 is 11.3. The fraction of sp³-hybridized carbons (Fsp3) is 0.200. The van der Waals surface area contributed by atoms with Crippen LogP contribution in [0.1, 0.15) is 24.7 Å². The third kappa shape index (κ3) is 4.80. The average Bonchev–Trinajstić information content (AvgIpc) is 3.26. The summed E-state index contributed by atoms with van der Waals surface area (Å²) in [5.74, 6) is -0.714. The third-order valence-electron chi connectivity index (χ3n) is 5.53. The lowest BCUT2D eigenvalue weighted by Crippen LogP contribution is -2.21. The van der Waals surface area contributed by atoms with Crippen LogP contribution in [-0.2, 0) is 16.1 Å². The number of carboxylic acids is 1. The van der Waals surface area contributed by atoms with Gasteiger partial charge in [0.1, 0.15) is 15.9 Å². The summed E-state index contributed by atoms with van der Waals surface area (Å²) in [5.41, 5.74) is 2.05. The Morgan fingerprint density at radius 1 is 1.22 bits per heavy atom.